The average molecular weight is 452 g/mol. The van der Waals surface area contributed by atoms with Gasteiger partial charge in [0.15, 0.2) is 0 Å². The van der Waals surface area contributed by atoms with Crippen LogP contribution in [0.1, 0.15) is 44.1 Å². The summed E-state index contributed by atoms with van der Waals surface area (Å²) in [7, 11) is 4.03. The molecule has 1 aliphatic rings. The SMILES string of the molecule is CC(=O)OCc1ccc(CNCC2CCC(Nc3nc(N(C)C)c4ccccc4n3)CC2)o1. The first-order valence-corrected chi connectivity index (χ1v) is 11.6. The van der Waals surface area contributed by atoms with E-state index in [1.165, 1.54) is 6.92 Å². The number of hydrogen-bond donors (Lipinski definition) is 2. The molecular formula is C25H33N5O3. The number of nitrogens with one attached hydrogen (secondary N) is 2. The molecule has 0 atom stereocenters. The number of fused-ring (bicyclic) bond motifs is 1. The van der Waals surface area contributed by atoms with E-state index in [4.69, 9.17) is 19.1 Å². The number of benzene rings is 1. The molecule has 0 amide bonds. The highest BCUT2D eigenvalue weighted by atomic mass is 16.5. The average Bonchev–Trinajstić information content (AvgIpc) is 3.26. The Morgan fingerprint density at radius 3 is 2.61 bits per heavy atom. The summed E-state index contributed by atoms with van der Waals surface area (Å²) in [5, 5.41) is 8.14. The van der Waals surface area contributed by atoms with E-state index in [0.29, 0.717) is 30.2 Å². The fourth-order valence-corrected chi connectivity index (χ4v) is 4.33. The largest absolute Gasteiger partial charge is 0.461 e. The van der Waals surface area contributed by atoms with E-state index >= 15 is 0 Å². The Balaban J connectivity index is 1.23. The van der Waals surface area contributed by atoms with Crippen LogP contribution in [0.25, 0.3) is 10.9 Å². The minimum atomic E-state index is -0.304. The summed E-state index contributed by atoms with van der Waals surface area (Å²) in [5.41, 5.74) is 0.963. The second-order valence-corrected chi connectivity index (χ2v) is 8.92. The van der Waals surface area contributed by atoms with Gasteiger partial charge in [-0.15, -0.1) is 0 Å². The second kappa shape index (κ2) is 10.7. The fraction of sp³-hybridized carbons (Fsp3) is 0.480. The van der Waals surface area contributed by atoms with Crippen molar-refractivity contribution in [1.82, 2.24) is 15.3 Å². The molecule has 2 aromatic heterocycles. The van der Waals surface area contributed by atoms with Crippen molar-refractivity contribution < 1.29 is 13.9 Å². The molecule has 176 valence electrons. The van der Waals surface area contributed by atoms with E-state index in [-0.39, 0.29) is 12.6 Å². The lowest BCUT2D eigenvalue weighted by Crippen LogP contribution is -2.31. The van der Waals surface area contributed by atoms with Crippen LogP contribution < -0.4 is 15.5 Å². The van der Waals surface area contributed by atoms with Gasteiger partial charge in [0.05, 0.1) is 12.1 Å². The molecule has 4 rings (SSSR count). The Labute approximate surface area is 194 Å². The number of carbonyl (C=O) groups is 1. The number of furan rings is 1. The van der Waals surface area contributed by atoms with Gasteiger partial charge >= 0.3 is 5.97 Å². The Kier molecular flexibility index (Phi) is 7.44. The first-order valence-electron chi connectivity index (χ1n) is 11.6. The van der Waals surface area contributed by atoms with E-state index in [1.54, 1.807) is 0 Å². The molecule has 1 fully saturated rings. The maximum atomic E-state index is 10.9. The third-order valence-corrected chi connectivity index (χ3v) is 6.05. The first kappa shape index (κ1) is 23.0. The van der Waals surface area contributed by atoms with Gasteiger partial charge in [-0.3, -0.25) is 4.79 Å². The molecule has 2 N–H and O–H groups in total. The Hall–Kier alpha value is -3.13. The van der Waals surface area contributed by atoms with Gasteiger partial charge in [-0.1, -0.05) is 12.1 Å². The summed E-state index contributed by atoms with van der Waals surface area (Å²) in [4.78, 5) is 22.5. The van der Waals surface area contributed by atoms with Gasteiger partial charge in [-0.05, 0) is 62.4 Å². The van der Waals surface area contributed by atoms with E-state index in [2.05, 4.69) is 16.7 Å². The van der Waals surface area contributed by atoms with Crippen LogP contribution in [-0.4, -0.2) is 42.6 Å². The standard InChI is InChI=1S/C25H33N5O3/c1-17(31)32-16-21-13-12-20(33-21)15-26-14-18-8-10-19(11-9-18)27-25-28-23-7-5-4-6-22(23)24(29-25)30(2)3/h4-7,12-13,18-19,26H,8-11,14-16H2,1-3H3,(H,27,28,29). The van der Waals surface area contributed by atoms with Crippen molar-refractivity contribution >= 4 is 28.6 Å². The number of rotatable bonds is 9. The number of nitrogens with zero attached hydrogens (tertiary/aromatic N) is 3. The summed E-state index contributed by atoms with van der Waals surface area (Å²) in [6.07, 6.45) is 4.53. The Morgan fingerprint density at radius 1 is 1.09 bits per heavy atom. The van der Waals surface area contributed by atoms with Gasteiger partial charge in [0, 0.05) is 32.4 Å². The summed E-state index contributed by atoms with van der Waals surface area (Å²) in [6.45, 7) is 3.22. The van der Waals surface area contributed by atoms with E-state index in [9.17, 15) is 4.79 Å². The predicted molar refractivity (Wildman–Crippen MR) is 129 cm³/mol. The van der Waals surface area contributed by atoms with Crippen LogP contribution in [0.3, 0.4) is 0 Å². The predicted octanol–water partition coefficient (Wildman–Crippen LogP) is 4.11. The minimum Gasteiger partial charge on any atom is -0.461 e. The van der Waals surface area contributed by atoms with Gasteiger partial charge in [0.25, 0.3) is 0 Å². The fourth-order valence-electron chi connectivity index (χ4n) is 4.33. The highest BCUT2D eigenvalue weighted by molar-refractivity contribution is 5.90. The molecule has 1 saturated carbocycles. The smallest absolute Gasteiger partial charge is 0.303 e. The quantitative estimate of drug-likeness (QED) is 0.470. The molecule has 0 saturated heterocycles. The molecule has 1 aromatic carbocycles. The second-order valence-electron chi connectivity index (χ2n) is 8.92. The molecule has 1 aliphatic carbocycles. The summed E-state index contributed by atoms with van der Waals surface area (Å²) < 4.78 is 10.7. The number of esters is 1. The lowest BCUT2D eigenvalue weighted by atomic mass is 9.86. The van der Waals surface area contributed by atoms with E-state index in [0.717, 1.165) is 54.7 Å². The maximum absolute atomic E-state index is 10.9. The third-order valence-electron chi connectivity index (χ3n) is 6.05. The van der Waals surface area contributed by atoms with Crippen LogP contribution in [-0.2, 0) is 22.7 Å². The number of ether oxygens (including phenoxy) is 1. The molecule has 8 heteroatoms. The van der Waals surface area contributed by atoms with Crippen molar-refractivity contribution in [1.29, 1.82) is 0 Å². The van der Waals surface area contributed by atoms with E-state index in [1.807, 2.05) is 49.3 Å². The number of para-hydroxylation sites is 1. The molecule has 0 unspecified atom stereocenters. The zero-order chi connectivity index (χ0) is 23.2. The number of hydrogen-bond acceptors (Lipinski definition) is 8. The first-order chi connectivity index (χ1) is 16.0. The third kappa shape index (κ3) is 6.22. The van der Waals surface area contributed by atoms with Crippen LogP contribution in [0, 0.1) is 5.92 Å². The number of anilines is 2. The van der Waals surface area contributed by atoms with Crippen LogP contribution in [0.5, 0.6) is 0 Å². The van der Waals surface area contributed by atoms with Gasteiger partial charge < -0.3 is 24.7 Å². The molecule has 0 spiro atoms. The summed E-state index contributed by atoms with van der Waals surface area (Å²) >= 11 is 0. The maximum Gasteiger partial charge on any atom is 0.303 e. The number of aromatic nitrogens is 2. The molecular weight excluding hydrogens is 418 g/mol. The highest BCUT2D eigenvalue weighted by Crippen LogP contribution is 2.28. The molecule has 0 radical (unpaired) electrons. The molecule has 8 nitrogen and oxygen atoms in total. The number of carbonyl (C=O) groups excluding carboxylic acids is 1. The topological polar surface area (TPSA) is 92.5 Å². The molecule has 0 bridgehead atoms. The van der Waals surface area contributed by atoms with Gasteiger partial charge in [-0.2, -0.15) is 4.98 Å². The molecule has 3 aromatic rings. The monoisotopic (exact) mass is 451 g/mol. The van der Waals surface area contributed by atoms with Crippen molar-refractivity contribution in [2.75, 3.05) is 30.9 Å². The van der Waals surface area contributed by atoms with Crippen LogP contribution in [0.4, 0.5) is 11.8 Å². The van der Waals surface area contributed by atoms with Crippen molar-refractivity contribution in [3.63, 3.8) is 0 Å². The van der Waals surface area contributed by atoms with Gasteiger partial charge in [0.2, 0.25) is 5.95 Å². The van der Waals surface area contributed by atoms with Gasteiger partial charge in [0.1, 0.15) is 23.9 Å². The van der Waals surface area contributed by atoms with Crippen molar-refractivity contribution in [2.24, 2.45) is 5.92 Å². The zero-order valence-corrected chi connectivity index (χ0v) is 19.6. The Morgan fingerprint density at radius 2 is 1.85 bits per heavy atom. The summed E-state index contributed by atoms with van der Waals surface area (Å²) in [5.74, 6) is 3.52. The van der Waals surface area contributed by atoms with Crippen LogP contribution >= 0.6 is 0 Å². The normalized spacial score (nSPS) is 18.3. The molecule has 2 heterocycles. The lowest BCUT2D eigenvalue weighted by Gasteiger charge is -2.29. The van der Waals surface area contributed by atoms with Gasteiger partial charge in [-0.25, -0.2) is 4.98 Å². The molecule has 0 aliphatic heterocycles. The lowest BCUT2D eigenvalue weighted by molar-refractivity contribution is -0.142. The van der Waals surface area contributed by atoms with Crippen molar-refractivity contribution in [3.8, 4) is 0 Å². The Bertz CT molecular complexity index is 1070. The summed E-state index contributed by atoms with van der Waals surface area (Å²) in [6, 6.07) is 12.3. The van der Waals surface area contributed by atoms with Crippen molar-refractivity contribution in [3.05, 3.63) is 47.9 Å². The zero-order valence-electron chi connectivity index (χ0n) is 19.6. The van der Waals surface area contributed by atoms with Crippen LogP contribution in [0.2, 0.25) is 0 Å². The highest BCUT2D eigenvalue weighted by Gasteiger charge is 2.22. The minimum absolute atomic E-state index is 0.184. The van der Waals surface area contributed by atoms with Crippen molar-refractivity contribution in [2.45, 2.75) is 51.8 Å². The van der Waals surface area contributed by atoms with Crippen LogP contribution in [0.15, 0.2) is 40.8 Å². The molecule has 33 heavy (non-hydrogen) atoms. The van der Waals surface area contributed by atoms with E-state index < -0.39 is 0 Å².